The van der Waals surface area contributed by atoms with Crippen molar-refractivity contribution < 1.29 is 5.11 Å². The van der Waals surface area contributed by atoms with Gasteiger partial charge in [-0.1, -0.05) is 63.2 Å². The minimum atomic E-state index is -0.0139. The van der Waals surface area contributed by atoms with Crippen LogP contribution in [0.1, 0.15) is 38.3 Å². The van der Waals surface area contributed by atoms with Crippen LogP contribution in [0.3, 0.4) is 0 Å². The van der Waals surface area contributed by atoms with E-state index in [1.54, 1.807) is 12.1 Å². The molecule has 0 radical (unpaired) electrons. The number of nitrogens with zero attached hydrogens (tertiary/aromatic N) is 3. The van der Waals surface area contributed by atoms with E-state index in [0.29, 0.717) is 5.75 Å². The van der Waals surface area contributed by atoms with Crippen molar-refractivity contribution in [2.75, 3.05) is 32.7 Å². The Hall–Kier alpha value is -1.88. The summed E-state index contributed by atoms with van der Waals surface area (Å²) >= 11 is 0. The summed E-state index contributed by atoms with van der Waals surface area (Å²) in [5.74, 6) is 0.329. The molecular formula is C23H33N3O. The Kier molecular flexibility index (Phi) is 6.53. The van der Waals surface area contributed by atoms with Gasteiger partial charge in [0.2, 0.25) is 0 Å². The van der Waals surface area contributed by atoms with E-state index in [9.17, 15) is 5.11 Å². The maximum atomic E-state index is 9.61. The molecule has 3 rings (SSSR count). The summed E-state index contributed by atoms with van der Waals surface area (Å²) in [6.07, 6.45) is 1.06. The average molecular weight is 368 g/mol. The zero-order chi connectivity index (χ0) is 19.3. The van der Waals surface area contributed by atoms with Crippen LogP contribution in [-0.4, -0.2) is 52.7 Å². The number of hydrogen-bond acceptors (Lipinski definition) is 4. The van der Waals surface area contributed by atoms with Crippen LogP contribution in [0.4, 0.5) is 0 Å². The summed E-state index contributed by atoms with van der Waals surface area (Å²) in [6, 6.07) is 18.6. The monoisotopic (exact) mass is 367 g/mol. The third kappa shape index (κ3) is 4.18. The topological polar surface area (TPSA) is 30.0 Å². The van der Waals surface area contributed by atoms with Gasteiger partial charge in [0.15, 0.2) is 0 Å². The number of hydrogen-bond donors (Lipinski definition) is 1. The van der Waals surface area contributed by atoms with Crippen molar-refractivity contribution in [2.24, 2.45) is 0 Å². The van der Waals surface area contributed by atoms with Gasteiger partial charge in [0.1, 0.15) is 5.75 Å². The quantitative estimate of drug-likeness (QED) is 0.799. The van der Waals surface area contributed by atoms with Crippen molar-refractivity contribution in [3.05, 3.63) is 65.7 Å². The van der Waals surface area contributed by atoms with E-state index >= 15 is 0 Å². The predicted molar refractivity (Wildman–Crippen MR) is 111 cm³/mol. The highest BCUT2D eigenvalue weighted by Crippen LogP contribution is 2.37. The zero-order valence-corrected chi connectivity index (χ0v) is 16.9. The number of rotatable bonds is 7. The van der Waals surface area contributed by atoms with Crippen molar-refractivity contribution in [2.45, 2.75) is 39.3 Å². The Balaban J connectivity index is 1.94. The molecule has 146 valence electrons. The number of hydrazine groups is 1. The minimum absolute atomic E-state index is 0.0139. The Morgan fingerprint density at radius 2 is 1.59 bits per heavy atom. The smallest absolute Gasteiger partial charge is 0.115 e. The number of phenolic OH excluding ortho intramolecular Hbond substituents is 1. The van der Waals surface area contributed by atoms with Crippen LogP contribution in [0.5, 0.6) is 5.75 Å². The second kappa shape index (κ2) is 8.87. The lowest BCUT2D eigenvalue weighted by Crippen LogP contribution is -2.63. The lowest BCUT2D eigenvalue weighted by molar-refractivity contribution is -0.114. The van der Waals surface area contributed by atoms with Gasteiger partial charge >= 0.3 is 0 Å². The van der Waals surface area contributed by atoms with Gasteiger partial charge in [-0.15, -0.1) is 0 Å². The predicted octanol–water partition coefficient (Wildman–Crippen LogP) is 4.07. The molecule has 0 aromatic heterocycles. The third-order valence-electron chi connectivity index (χ3n) is 6.01. The summed E-state index contributed by atoms with van der Waals surface area (Å²) in [4.78, 5) is 2.63. The highest BCUT2D eigenvalue weighted by atomic mass is 16.3. The first-order valence-electron chi connectivity index (χ1n) is 10.2. The molecule has 1 N–H and O–H groups in total. The number of piperazine rings is 1. The minimum Gasteiger partial charge on any atom is -0.508 e. The van der Waals surface area contributed by atoms with E-state index in [4.69, 9.17) is 0 Å². The van der Waals surface area contributed by atoms with Crippen molar-refractivity contribution in [3.63, 3.8) is 0 Å². The fourth-order valence-electron chi connectivity index (χ4n) is 4.41. The molecule has 4 nitrogen and oxygen atoms in total. The van der Waals surface area contributed by atoms with Gasteiger partial charge in [0.25, 0.3) is 0 Å². The second-order valence-electron chi connectivity index (χ2n) is 7.37. The molecule has 1 aliphatic heterocycles. The summed E-state index contributed by atoms with van der Waals surface area (Å²) in [5.41, 5.74) is 2.63. The molecule has 0 bridgehead atoms. The average Bonchev–Trinajstić information content (AvgIpc) is 2.72. The van der Waals surface area contributed by atoms with Gasteiger partial charge in [0, 0.05) is 39.3 Å². The van der Waals surface area contributed by atoms with Crippen LogP contribution in [0.15, 0.2) is 54.6 Å². The van der Waals surface area contributed by atoms with Gasteiger partial charge in [-0.3, -0.25) is 4.90 Å². The van der Waals surface area contributed by atoms with Crippen molar-refractivity contribution in [3.8, 4) is 5.75 Å². The van der Waals surface area contributed by atoms with Crippen LogP contribution < -0.4 is 0 Å². The number of aromatic hydroxyl groups is 1. The lowest BCUT2D eigenvalue weighted by atomic mass is 9.83. The number of benzene rings is 2. The van der Waals surface area contributed by atoms with Crippen molar-refractivity contribution >= 4 is 0 Å². The summed E-state index contributed by atoms with van der Waals surface area (Å²) < 4.78 is 0. The molecule has 4 heteroatoms. The van der Waals surface area contributed by atoms with Crippen LogP contribution in [0, 0.1) is 0 Å². The third-order valence-corrected chi connectivity index (χ3v) is 6.01. The summed E-state index contributed by atoms with van der Waals surface area (Å²) in [6.45, 7) is 12.9. The first-order chi connectivity index (χ1) is 13.1. The molecule has 0 amide bonds. The standard InChI is InChI=1S/C23H33N3O/c1-4-23(21-10-8-7-9-11-21)19-26(25(5-2)6-3)17-16-24(23)18-20-12-14-22(27)15-13-20/h7-15,27H,4-6,16-19H2,1-3H3. The Morgan fingerprint density at radius 1 is 0.926 bits per heavy atom. The molecule has 27 heavy (non-hydrogen) atoms. The van der Waals surface area contributed by atoms with Crippen LogP contribution in [0.2, 0.25) is 0 Å². The number of phenols is 1. The highest BCUT2D eigenvalue weighted by Gasteiger charge is 2.42. The second-order valence-corrected chi connectivity index (χ2v) is 7.37. The summed E-state index contributed by atoms with van der Waals surface area (Å²) in [7, 11) is 0. The molecule has 0 spiro atoms. The highest BCUT2D eigenvalue weighted by molar-refractivity contribution is 5.29. The Morgan fingerprint density at radius 3 is 2.19 bits per heavy atom. The first kappa shape index (κ1) is 19.9. The maximum Gasteiger partial charge on any atom is 0.115 e. The normalized spacial score (nSPS) is 21.6. The molecule has 1 fully saturated rings. The van der Waals surface area contributed by atoms with Gasteiger partial charge < -0.3 is 5.11 Å². The molecule has 1 saturated heterocycles. The molecular weight excluding hydrogens is 334 g/mol. The largest absolute Gasteiger partial charge is 0.508 e. The van der Waals surface area contributed by atoms with E-state index in [1.807, 2.05) is 12.1 Å². The lowest BCUT2D eigenvalue weighted by Gasteiger charge is -2.53. The zero-order valence-electron chi connectivity index (χ0n) is 16.9. The molecule has 2 aromatic carbocycles. The molecule has 0 aliphatic carbocycles. The van der Waals surface area contributed by atoms with E-state index in [0.717, 1.165) is 45.7 Å². The molecule has 0 saturated carbocycles. The van der Waals surface area contributed by atoms with E-state index < -0.39 is 0 Å². The van der Waals surface area contributed by atoms with Crippen LogP contribution in [-0.2, 0) is 12.1 Å². The van der Waals surface area contributed by atoms with Crippen molar-refractivity contribution in [1.82, 2.24) is 14.9 Å². The van der Waals surface area contributed by atoms with E-state index in [2.05, 4.69) is 66.0 Å². The molecule has 1 aliphatic rings. The van der Waals surface area contributed by atoms with Gasteiger partial charge in [-0.2, -0.15) is 0 Å². The van der Waals surface area contributed by atoms with E-state index in [-0.39, 0.29) is 5.54 Å². The molecule has 1 atom stereocenters. The van der Waals surface area contributed by atoms with Crippen molar-refractivity contribution in [1.29, 1.82) is 0 Å². The molecule has 1 unspecified atom stereocenters. The van der Waals surface area contributed by atoms with E-state index in [1.165, 1.54) is 11.1 Å². The Bertz CT molecular complexity index is 699. The first-order valence-corrected chi connectivity index (χ1v) is 10.2. The van der Waals surface area contributed by atoms with Gasteiger partial charge in [-0.25, -0.2) is 10.0 Å². The summed E-state index contributed by atoms with van der Waals surface area (Å²) in [5, 5.41) is 14.6. The SMILES string of the molecule is CCN(CC)N1CCN(Cc2ccc(O)cc2)C(CC)(c2ccccc2)C1. The van der Waals surface area contributed by atoms with Crippen LogP contribution in [0.25, 0.3) is 0 Å². The fraction of sp³-hybridized carbons (Fsp3) is 0.478. The fourth-order valence-corrected chi connectivity index (χ4v) is 4.41. The van der Waals surface area contributed by atoms with Gasteiger partial charge in [-0.05, 0) is 29.7 Å². The molecule has 1 heterocycles. The van der Waals surface area contributed by atoms with Crippen LogP contribution >= 0.6 is 0 Å². The molecule has 2 aromatic rings. The Labute approximate surface area is 164 Å². The maximum absolute atomic E-state index is 9.61. The van der Waals surface area contributed by atoms with Gasteiger partial charge in [0.05, 0.1) is 5.54 Å².